The highest BCUT2D eigenvalue weighted by Crippen LogP contribution is 2.32. The van der Waals surface area contributed by atoms with E-state index in [1.165, 1.54) is 5.56 Å². The number of methoxy groups -OCH3 is 1. The van der Waals surface area contributed by atoms with Crippen molar-refractivity contribution in [2.45, 2.75) is 25.8 Å². The minimum atomic E-state index is 0.125. The van der Waals surface area contributed by atoms with E-state index in [1.807, 2.05) is 36.4 Å². The maximum absolute atomic E-state index is 5.82. The summed E-state index contributed by atoms with van der Waals surface area (Å²) in [6, 6.07) is 16.2. The molecule has 0 saturated heterocycles. The molecule has 0 saturated carbocycles. The lowest BCUT2D eigenvalue weighted by Crippen LogP contribution is -2.08. The van der Waals surface area contributed by atoms with Crippen molar-refractivity contribution in [1.82, 2.24) is 9.97 Å². The Labute approximate surface area is 172 Å². The second kappa shape index (κ2) is 10.4. The average Bonchev–Trinajstić information content (AvgIpc) is 2.77. The Morgan fingerprint density at radius 2 is 1.86 bits per heavy atom. The summed E-state index contributed by atoms with van der Waals surface area (Å²) in [4.78, 5) is 9.06. The molecule has 3 aromatic rings. The van der Waals surface area contributed by atoms with Gasteiger partial charge in [0.25, 0.3) is 0 Å². The van der Waals surface area contributed by atoms with Gasteiger partial charge in [0, 0.05) is 11.6 Å². The van der Waals surface area contributed by atoms with E-state index in [0.717, 1.165) is 29.9 Å². The van der Waals surface area contributed by atoms with Crippen LogP contribution in [0.2, 0.25) is 0 Å². The average molecular weight is 393 g/mol. The first-order chi connectivity index (χ1) is 14.2. The van der Waals surface area contributed by atoms with E-state index < -0.39 is 0 Å². The minimum Gasteiger partial charge on any atom is -0.493 e. The maximum atomic E-state index is 5.82. The maximum Gasteiger partial charge on any atom is 0.161 e. The van der Waals surface area contributed by atoms with Crippen LogP contribution in [0.25, 0.3) is 11.3 Å². The van der Waals surface area contributed by atoms with Crippen molar-refractivity contribution in [3.05, 3.63) is 66.5 Å². The van der Waals surface area contributed by atoms with Crippen LogP contribution in [0.4, 0.5) is 5.82 Å². The third-order valence-electron chi connectivity index (χ3n) is 4.61. The molecule has 3 N–H and O–H groups in total. The summed E-state index contributed by atoms with van der Waals surface area (Å²) in [7, 11) is 1.64. The summed E-state index contributed by atoms with van der Waals surface area (Å²) in [5.41, 5.74) is 8.40. The topological polar surface area (TPSA) is 82.3 Å². The molecule has 3 rings (SSSR count). The molecule has 6 heteroatoms. The zero-order valence-corrected chi connectivity index (χ0v) is 17.0. The van der Waals surface area contributed by atoms with Crippen LogP contribution in [-0.4, -0.2) is 30.2 Å². The quantitative estimate of drug-likeness (QED) is 0.496. The van der Waals surface area contributed by atoms with Gasteiger partial charge in [-0.15, -0.1) is 0 Å². The van der Waals surface area contributed by atoms with Gasteiger partial charge >= 0.3 is 0 Å². The lowest BCUT2D eigenvalue weighted by Gasteiger charge is -2.15. The molecule has 0 aliphatic heterocycles. The summed E-state index contributed by atoms with van der Waals surface area (Å²) < 4.78 is 11.3. The molecule has 0 bridgehead atoms. The van der Waals surface area contributed by atoms with Gasteiger partial charge in [0.2, 0.25) is 0 Å². The number of rotatable bonds is 10. The second-order valence-corrected chi connectivity index (χ2v) is 6.78. The van der Waals surface area contributed by atoms with Crippen LogP contribution >= 0.6 is 0 Å². The predicted molar refractivity (Wildman–Crippen MR) is 116 cm³/mol. The van der Waals surface area contributed by atoms with E-state index in [9.17, 15) is 0 Å². The highest BCUT2D eigenvalue weighted by molar-refractivity contribution is 5.64. The van der Waals surface area contributed by atoms with Crippen LogP contribution in [0.15, 0.2) is 60.9 Å². The van der Waals surface area contributed by atoms with Crippen molar-refractivity contribution in [2.75, 3.05) is 25.6 Å². The van der Waals surface area contributed by atoms with E-state index in [4.69, 9.17) is 20.2 Å². The molecule has 2 aromatic carbocycles. The second-order valence-electron chi connectivity index (χ2n) is 6.78. The fraction of sp³-hybridized carbons (Fsp3) is 0.304. The van der Waals surface area contributed by atoms with Crippen LogP contribution in [0.1, 0.15) is 31.4 Å². The molecule has 29 heavy (non-hydrogen) atoms. The summed E-state index contributed by atoms with van der Waals surface area (Å²) in [5, 5.41) is 3.41. The van der Waals surface area contributed by atoms with Crippen LogP contribution < -0.4 is 20.5 Å². The van der Waals surface area contributed by atoms with E-state index in [-0.39, 0.29) is 6.04 Å². The molecule has 0 aliphatic rings. The van der Waals surface area contributed by atoms with Gasteiger partial charge < -0.3 is 20.5 Å². The smallest absolute Gasteiger partial charge is 0.161 e. The van der Waals surface area contributed by atoms with Gasteiger partial charge in [-0.05, 0) is 50.1 Å². The number of aromatic nitrogens is 2. The lowest BCUT2D eigenvalue weighted by atomic mass is 10.1. The predicted octanol–water partition coefficient (Wildman–Crippen LogP) is 4.44. The number of nitrogens with two attached hydrogens (primary N) is 1. The number of benzene rings is 2. The van der Waals surface area contributed by atoms with Crippen LogP contribution in [0, 0.1) is 0 Å². The first-order valence-electron chi connectivity index (χ1n) is 9.86. The van der Waals surface area contributed by atoms with E-state index >= 15 is 0 Å². The van der Waals surface area contributed by atoms with E-state index in [2.05, 4.69) is 29.4 Å². The molecule has 0 fully saturated rings. The highest BCUT2D eigenvalue weighted by atomic mass is 16.5. The van der Waals surface area contributed by atoms with Crippen molar-refractivity contribution < 1.29 is 9.47 Å². The molecule has 0 radical (unpaired) electrons. The van der Waals surface area contributed by atoms with Gasteiger partial charge in [-0.3, -0.25) is 4.98 Å². The van der Waals surface area contributed by atoms with Gasteiger partial charge in [0.05, 0.1) is 31.8 Å². The number of unbranched alkanes of at least 4 members (excludes halogenated alkanes) is 1. The van der Waals surface area contributed by atoms with Crippen LogP contribution in [-0.2, 0) is 0 Å². The minimum absolute atomic E-state index is 0.125. The van der Waals surface area contributed by atoms with Crippen molar-refractivity contribution in [3.8, 4) is 22.8 Å². The monoisotopic (exact) mass is 392 g/mol. The normalized spacial score (nSPS) is 11.7. The molecule has 1 unspecified atom stereocenters. The lowest BCUT2D eigenvalue weighted by molar-refractivity contribution is 0.287. The number of hydrogen-bond acceptors (Lipinski definition) is 6. The Kier molecular flexibility index (Phi) is 7.41. The highest BCUT2D eigenvalue weighted by Gasteiger charge is 2.11. The van der Waals surface area contributed by atoms with Crippen molar-refractivity contribution in [1.29, 1.82) is 0 Å². The van der Waals surface area contributed by atoms with Crippen molar-refractivity contribution in [2.24, 2.45) is 5.73 Å². The fourth-order valence-electron chi connectivity index (χ4n) is 3.00. The number of ether oxygens (including phenoxy) is 2. The van der Waals surface area contributed by atoms with Crippen molar-refractivity contribution >= 4 is 5.82 Å². The fourth-order valence-corrected chi connectivity index (χ4v) is 3.00. The zero-order chi connectivity index (χ0) is 20.5. The molecular weight excluding hydrogens is 364 g/mol. The molecule has 152 valence electrons. The number of nitrogens with zero attached hydrogens (tertiary/aromatic N) is 2. The molecule has 0 spiro atoms. The number of hydrogen-bond donors (Lipinski definition) is 2. The third-order valence-corrected chi connectivity index (χ3v) is 4.61. The Morgan fingerprint density at radius 3 is 2.62 bits per heavy atom. The Bertz CT molecular complexity index is 902. The standard InChI is InChI=1S/C23H28N4O2/c1-17(18-8-4-3-5-9-18)26-23-16-25-15-20(27-23)19-10-11-21(22(14-19)28-2)29-13-7-6-12-24/h3-5,8-11,14-17H,6-7,12-13,24H2,1-2H3,(H,26,27). The molecule has 0 aliphatic carbocycles. The van der Waals surface area contributed by atoms with E-state index in [1.54, 1.807) is 19.5 Å². The van der Waals surface area contributed by atoms with Gasteiger partial charge in [-0.1, -0.05) is 30.3 Å². The Morgan fingerprint density at radius 1 is 1.03 bits per heavy atom. The summed E-state index contributed by atoms with van der Waals surface area (Å²) >= 11 is 0. The van der Waals surface area contributed by atoms with Gasteiger partial charge in [-0.25, -0.2) is 4.98 Å². The molecular formula is C23H28N4O2. The molecule has 1 heterocycles. The zero-order valence-electron chi connectivity index (χ0n) is 17.0. The van der Waals surface area contributed by atoms with Gasteiger partial charge in [0.1, 0.15) is 5.82 Å². The van der Waals surface area contributed by atoms with Crippen LogP contribution in [0.3, 0.4) is 0 Å². The molecule has 0 amide bonds. The molecule has 1 atom stereocenters. The molecule has 6 nitrogen and oxygen atoms in total. The van der Waals surface area contributed by atoms with Crippen molar-refractivity contribution in [3.63, 3.8) is 0 Å². The SMILES string of the molecule is COc1cc(-c2cncc(NC(C)c3ccccc3)n2)ccc1OCCCCN. The number of nitrogens with one attached hydrogen (secondary N) is 1. The summed E-state index contributed by atoms with van der Waals surface area (Å²) in [6.07, 6.45) is 5.33. The van der Waals surface area contributed by atoms with E-state index in [0.29, 0.717) is 24.7 Å². The van der Waals surface area contributed by atoms with Crippen LogP contribution in [0.5, 0.6) is 11.5 Å². The summed E-state index contributed by atoms with van der Waals surface area (Å²) in [5.74, 6) is 2.11. The largest absolute Gasteiger partial charge is 0.493 e. The first kappa shape index (κ1) is 20.6. The summed E-state index contributed by atoms with van der Waals surface area (Å²) in [6.45, 7) is 3.39. The Hall–Kier alpha value is -3.12. The third kappa shape index (κ3) is 5.68. The first-order valence-corrected chi connectivity index (χ1v) is 9.86. The van der Waals surface area contributed by atoms with Gasteiger partial charge in [-0.2, -0.15) is 0 Å². The number of anilines is 1. The Balaban J connectivity index is 1.74. The van der Waals surface area contributed by atoms with Gasteiger partial charge in [0.15, 0.2) is 11.5 Å². The molecule has 1 aromatic heterocycles.